The molecule has 2 nitrogen and oxygen atoms in total. The standard InChI is InChI=1S/C15H22ClFN2/c1-2-18-9-12-5-4-8-19(10-12)11-13-14(16)6-3-7-15(13)17/h3,6-7,12,18H,2,4-5,8-11H2,1H3. The molecule has 0 amide bonds. The molecule has 1 aromatic carbocycles. The zero-order valence-electron chi connectivity index (χ0n) is 11.5. The summed E-state index contributed by atoms with van der Waals surface area (Å²) < 4.78 is 13.8. The Hall–Kier alpha value is -0.640. The lowest BCUT2D eigenvalue weighted by molar-refractivity contribution is 0.164. The van der Waals surface area contributed by atoms with Crippen molar-refractivity contribution in [1.29, 1.82) is 0 Å². The monoisotopic (exact) mass is 284 g/mol. The highest BCUT2D eigenvalue weighted by molar-refractivity contribution is 6.31. The van der Waals surface area contributed by atoms with E-state index in [4.69, 9.17) is 11.6 Å². The third-order valence-electron chi connectivity index (χ3n) is 3.73. The van der Waals surface area contributed by atoms with Gasteiger partial charge in [0.15, 0.2) is 0 Å². The van der Waals surface area contributed by atoms with Crippen molar-refractivity contribution in [1.82, 2.24) is 10.2 Å². The predicted molar refractivity (Wildman–Crippen MR) is 78.0 cm³/mol. The van der Waals surface area contributed by atoms with Crippen molar-refractivity contribution in [2.75, 3.05) is 26.2 Å². The first-order valence-electron chi connectivity index (χ1n) is 7.06. The molecular weight excluding hydrogens is 263 g/mol. The van der Waals surface area contributed by atoms with Crippen molar-refractivity contribution in [3.05, 3.63) is 34.6 Å². The average Bonchev–Trinajstić information content (AvgIpc) is 2.41. The Morgan fingerprint density at radius 3 is 3.05 bits per heavy atom. The van der Waals surface area contributed by atoms with Crippen LogP contribution in [0.2, 0.25) is 5.02 Å². The number of nitrogens with zero attached hydrogens (tertiary/aromatic N) is 1. The van der Waals surface area contributed by atoms with Crippen LogP contribution in [0, 0.1) is 11.7 Å². The van der Waals surface area contributed by atoms with Gasteiger partial charge < -0.3 is 5.32 Å². The van der Waals surface area contributed by atoms with Crippen LogP contribution in [0.25, 0.3) is 0 Å². The average molecular weight is 285 g/mol. The van der Waals surface area contributed by atoms with E-state index in [-0.39, 0.29) is 5.82 Å². The number of rotatable bonds is 5. The quantitative estimate of drug-likeness (QED) is 0.892. The molecule has 1 atom stereocenters. The minimum Gasteiger partial charge on any atom is -0.317 e. The van der Waals surface area contributed by atoms with Gasteiger partial charge in [-0.3, -0.25) is 4.90 Å². The smallest absolute Gasteiger partial charge is 0.129 e. The fraction of sp³-hybridized carbons (Fsp3) is 0.600. The van der Waals surface area contributed by atoms with E-state index in [0.29, 0.717) is 23.0 Å². The van der Waals surface area contributed by atoms with Gasteiger partial charge in [0, 0.05) is 23.7 Å². The molecule has 1 N–H and O–H groups in total. The molecule has 1 heterocycles. The van der Waals surface area contributed by atoms with Crippen LogP contribution in [-0.4, -0.2) is 31.1 Å². The molecule has 1 aliphatic heterocycles. The third kappa shape index (κ3) is 4.16. The summed E-state index contributed by atoms with van der Waals surface area (Å²) >= 11 is 6.09. The molecule has 4 heteroatoms. The van der Waals surface area contributed by atoms with E-state index in [1.807, 2.05) is 0 Å². The Labute approximate surface area is 119 Å². The van der Waals surface area contributed by atoms with Gasteiger partial charge in [-0.1, -0.05) is 24.6 Å². The SMILES string of the molecule is CCNCC1CCCN(Cc2c(F)cccc2Cl)C1. The molecule has 0 bridgehead atoms. The van der Waals surface area contributed by atoms with Crippen molar-refractivity contribution in [3.8, 4) is 0 Å². The summed E-state index contributed by atoms with van der Waals surface area (Å²) in [4.78, 5) is 2.32. The first kappa shape index (κ1) is 14.8. The molecule has 0 saturated carbocycles. The lowest BCUT2D eigenvalue weighted by atomic mass is 9.97. The van der Waals surface area contributed by atoms with Gasteiger partial charge in [0.2, 0.25) is 0 Å². The molecule has 2 rings (SSSR count). The number of hydrogen-bond donors (Lipinski definition) is 1. The highest BCUT2D eigenvalue weighted by Gasteiger charge is 2.21. The molecule has 0 aliphatic carbocycles. The van der Waals surface area contributed by atoms with E-state index >= 15 is 0 Å². The second kappa shape index (κ2) is 7.22. The normalized spacial score (nSPS) is 20.7. The van der Waals surface area contributed by atoms with Crippen molar-refractivity contribution in [2.45, 2.75) is 26.3 Å². The topological polar surface area (TPSA) is 15.3 Å². The molecule has 1 aromatic rings. The number of nitrogens with one attached hydrogen (secondary N) is 1. The molecule has 1 fully saturated rings. The van der Waals surface area contributed by atoms with E-state index in [1.165, 1.54) is 18.9 Å². The van der Waals surface area contributed by atoms with Crippen molar-refractivity contribution < 1.29 is 4.39 Å². The van der Waals surface area contributed by atoms with Gasteiger partial charge in [-0.05, 0) is 50.5 Å². The largest absolute Gasteiger partial charge is 0.317 e. The minimum absolute atomic E-state index is 0.193. The summed E-state index contributed by atoms with van der Waals surface area (Å²) in [6.45, 7) is 6.87. The fourth-order valence-corrected chi connectivity index (χ4v) is 2.94. The first-order valence-corrected chi connectivity index (χ1v) is 7.44. The minimum atomic E-state index is -0.193. The number of benzene rings is 1. The van der Waals surface area contributed by atoms with Gasteiger partial charge in [0.25, 0.3) is 0 Å². The second-order valence-electron chi connectivity index (χ2n) is 5.25. The fourth-order valence-electron chi connectivity index (χ4n) is 2.72. The van der Waals surface area contributed by atoms with E-state index in [0.717, 1.165) is 26.2 Å². The molecule has 0 radical (unpaired) electrons. The lowest BCUT2D eigenvalue weighted by Crippen LogP contribution is -2.39. The molecule has 0 spiro atoms. The summed E-state index contributed by atoms with van der Waals surface area (Å²) in [6, 6.07) is 4.91. The van der Waals surface area contributed by atoms with Crippen molar-refractivity contribution >= 4 is 11.6 Å². The van der Waals surface area contributed by atoms with E-state index in [2.05, 4.69) is 17.1 Å². The highest BCUT2D eigenvalue weighted by Crippen LogP contribution is 2.24. The summed E-state index contributed by atoms with van der Waals surface area (Å²) in [5.74, 6) is 0.473. The Morgan fingerprint density at radius 2 is 2.32 bits per heavy atom. The van der Waals surface area contributed by atoms with Gasteiger partial charge in [0.1, 0.15) is 5.82 Å². The molecular formula is C15H22ClFN2. The maximum Gasteiger partial charge on any atom is 0.129 e. The Balaban J connectivity index is 1.95. The summed E-state index contributed by atoms with van der Waals surface area (Å²) in [6.07, 6.45) is 2.44. The number of hydrogen-bond acceptors (Lipinski definition) is 2. The number of piperidine rings is 1. The Kier molecular flexibility index (Phi) is 5.61. The molecule has 1 saturated heterocycles. The summed E-state index contributed by atoms with van der Waals surface area (Å²) in [5.41, 5.74) is 0.633. The van der Waals surface area contributed by atoms with Gasteiger partial charge in [-0.2, -0.15) is 0 Å². The molecule has 19 heavy (non-hydrogen) atoms. The summed E-state index contributed by atoms with van der Waals surface area (Å²) in [7, 11) is 0. The zero-order chi connectivity index (χ0) is 13.7. The van der Waals surface area contributed by atoms with E-state index in [9.17, 15) is 4.39 Å². The number of halogens is 2. The molecule has 1 unspecified atom stereocenters. The van der Waals surface area contributed by atoms with E-state index < -0.39 is 0 Å². The summed E-state index contributed by atoms with van der Waals surface area (Å²) in [5, 5.41) is 3.93. The maximum absolute atomic E-state index is 13.8. The van der Waals surface area contributed by atoms with Crippen LogP contribution in [-0.2, 0) is 6.54 Å². The van der Waals surface area contributed by atoms with Gasteiger partial charge in [0.05, 0.1) is 0 Å². The third-order valence-corrected chi connectivity index (χ3v) is 4.08. The zero-order valence-corrected chi connectivity index (χ0v) is 12.2. The highest BCUT2D eigenvalue weighted by atomic mass is 35.5. The molecule has 106 valence electrons. The van der Waals surface area contributed by atoms with Crippen LogP contribution < -0.4 is 5.32 Å². The van der Waals surface area contributed by atoms with Crippen LogP contribution in [0.5, 0.6) is 0 Å². The lowest BCUT2D eigenvalue weighted by Gasteiger charge is -2.33. The Morgan fingerprint density at radius 1 is 1.47 bits per heavy atom. The van der Waals surface area contributed by atoms with Crippen LogP contribution in [0.1, 0.15) is 25.3 Å². The first-order chi connectivity index (χ1) is 9.20. The van der Waals surface area contributed by atoms with Gasteiger partial charge >= 0.3 is 0 Å². The van der Waals surface area contributed by atoms with Crippen LogP contribution >= 0.6 is 11.6 Å². The number of likely N-dealkylation sites (tertiary alicyclic amines) is 1. The predicted octanol–water partition coefficient (Wildman–Crippen LogP) is 3.30. The van der Waals surface area contributed by atoms with Crippen LogP contribution in [0.15, 0.2) is 18.2 Å². The van der Waals surface area contributed by atoms with Gasteiger partial charge in [-0.15, -0.1) is 0 Å². The Bertz CT molecular complexity index is 391. The second-order valence-corrected chi connectivity index (χ2v) is 5.66. The van der Waals surface area contributed by atoms with Crippen molar-refractivity contribution in [3.63, 3.8) is 0 Å². The van der Waals surface area contributed by atoms with Crippen LogP contribution in [0.3, 0.4) is 0 Å². The molecule has 1 aliphatic rings. The van der Waals surface area contributed by atoms with Crippen LogP contribution in [0.4, 0.5) is 4.39 Å². The van der Waals surface area contributed by atoms with E-state index in [1.54, 1.807) is 12.1 Å². The van der Waals surface area contributed by atoms with Gasteiger partial charge in [-0.25, -0.2) is 4.39 Å². The molecule has 0 aromatic heterocycles. The van der Waals surface area contributed by atoms with Crippen molar-refractivity contribution in [2.24, 2.45) is 5.92 Å². The maximum atomic E-state index is 13.8.